The molecule has 3 N–H and O–H groups in total. The number of aliphatic hydroxyl groups is 1. The number of aromatic nitrogens is 3. The molecule has 0 radical (unpaired) electrons. The Balaban J connectivity index is 0.000000868. The van der Waals surface area contributed by atoms with E-state index in [1.165, 1.54) is 32.9 Å². The van der Waals surface area contributed by atoms with Crippen LogP contribution in [-0.4, -0.2) is 26.0 Å². The second-order valence-corrected chi connectivity index (χ2v) is 9.53. The molecule has 0 bridgehead atoms. The summed E-state index contributed by atoms with van der Waals surface area (Å²) in [7, 11) is 0. The molecule has 2 heterocycles. The number of alkyl halides is 3. The van der Waals surface area contributed by atoms with Crippen LogP contribution in [-0.2, 0) is 18.6 Å². The summed E-state index contributed by atoms with van der Waals surface area (Å²) in [5.74, 6) is 0.915. The number of H-pyrrole nitrogens is 1. The molecule has 1 fully saturated rings. The lowest BCUT2D eigenvalue weighted by Crippen LogP contribution is -2.50. The molecular weight excluding hydrogens is 447 g/mol. The van der Waals surface area contributed by atoms with E-state index < -0.39 is 17.2 Å². The van der Waals surface area contributed by atoms with Gasteiger partial charge in [0.05, 0.1) is 11.6 Å². The number of halogens is 3. The van der Waals surface area contributed by atoms with Gasteiger partial charge in [0.1, 0.15) is 5.39 Å². The fourth-order valence-corrected chi connectivity index (χ4v) is 4.72. The summed E-state index contributed by atoms with van der Waals surface area (Å²) < 4.78 is 43.2. The van der Waals surface area contributed by atoms with Gasteiger partial charge in [-0.05, 0) is 54.5 Å². The van der Waals surface area contributed by atoms with E-state index in [1.54, 1.807) is 24.4 Å². The number of nitrogens with one attached hydrogen (secondary N) is 2. The highest BCUT2D eigenvalue weighted by atomic mass is 19.4. The number of benzene rings is 1. The number of hydrogen-bond donors (Lipinski definition) is 3. The van der Waals surface area contributed by atoms with Crippen LogP contribution in [0, 0.1) is 22.7 Å². The fraction of sp³-hybridized carbons (Fsp3) is 0.458. The zero-order chi connectivity index (χ0) is 24.9. The van der Waals surface area contributed by atoms with Crippen molar-refractivity contribution in [1.29, 1.82) is 5.26 Å². The number of rotatable bonds is 4. The van der Waals surface area contributed by atoms with Crippen LogP contribution in [0.3, 0.4) is 0 Å². The second kappa shape index (κ2) is 8.17. The molecule has 1 saturated carbocycles. The smallest absolute Gasteiger partial charge is 0.376 e. The number of aromatic amines is 1. The minimum atomic E-state index is -4.79. The largest absolute Gasteiger partial charge is 0.421 e. The summed E-state index contributed by atoms with van der Waals surface area (Å²) >= 11 is 0. The third-order valence-corrected chi connectivity index (χ3v) is 6.58. The van der Waals surface area contributed by atoms with Crippen LogP contribution in [0.25, 0.3) is 10.9 Å². The predicted molar refractivity (Wildman–Crippen MR) is 122 cm³/mol. The number of nitriles is 1. The minimum Gasteiger partial charge on any atom is -0.376 e. The third-order valence-electron chi connectivity index (χ3n) is 6.58. The highest BCUT2D eigenvalue weighted by Gasteiger charge is 2.66. The van der Waals surface area contributed by atoms with E-state index in [9.17, 15) is 23.1 Å². The van der Waals surface area contributed by atoms with Crippen LogP contribution in [0.4, 0.5) is 24.7 Å². The number of pyridine rings is 1. The Morgan fingerprint density at radius 2 is 2.00 bits per heavy atom. The second-order valence-electron chi connectivity index (χ2n) is 9.53. The van der Waals surface area contributed by atoms with Gasteiger partial charge in [0, 0.05) is 30.8 Å². The van der Waals surface area contributed by atoms with Crippen molar-refractivity contribution >= 4 is 22.4 Å². The maximum Gasteiger partial charge on any atom is 0.421 e. The molecule has 1 aromatic carbocycles. The molecule has 2 aliphatic rings. The minimum absolute atomic E-state index is 0.0747. The van der Waals surface area contributed by atoms with Crippen molar-refractivity contribution < 1.29 is 18.3 Å². The number of fused-ring (bicyclic) bond motifs is 2. The molecule has 1 unspecified atom stereocenters. The van der Waals surface area contributed by atoms with Crippen LogP contribution in [0.5, 0.6) is 0 Å². The van der Waals surface area contributed by atoms with Gasteiger partial charge in [0.25, 0.3) is 5.56 Å². The van der Waals surface area contributed by atoms with Crippen molar-refractivity contribution in [2.24, 2.45) is 11.3 Å². The van der Waals surface area contributed by atoms with Crippen molar-refractivity contribution in [2.75, 3.05) is 5.32 Å². The van der Waals surface area contributed by atoms with Crippen molar-refractivity contribution in [3.05, 3.63) is 51.9 Å². The lowest BCUT2D eigenvalue weighted by molar-refractivity contribution is -0.299. The molecule has 10 heteroatoms. The molecule has 0 saturated heterocycles. The van der Waals surface area contributed by atoms with Gasteiger partial charge >= 0.3 is 6.18 Å². The summed E-state index contributed by atoms with van der Waals surface area (Å²) in [5, 5.41) is 26.1. The van der Waals surface area contributed by atoms with Crippen LogP contribution < -0.4 is 10.9 Å². The Bertz CT molecular complexity index is 1330. The summed E-state index contributed by atoms with van der Waals surface area (Å²) in [5.41, 5.74) is -3.07. The van der Waals surface area contributed by atoms with Gasteiger partial charge in [-0.3, -0.25) is 9.48 Å². The van der Waals surface area contributed by atoms with Gasteiger partial charge in [-0.25, -0.2) is 0 Å². The van der Waals surface area contributed by atoms with Crippen molar-refractivity contribution in [3.8, 4) is 6.07 Å². The predicted octanol–water partition coefficient (Wildman–Crippen LogP) is 4.74. The normalized spacial score (nSPS) is 20.9. The van der Waals surface area contributed by atoms with E-state index in [0.29, 0.717) is 33.9 Å². The van der Waals surface area contributed by atoms with Crippen LogP contribution in [0.15, 0.2) is 35.3 Å². The van der Waals surface area contributed by atoms with Gasteiger partial charge in [-0.1, -0.05) is 19.9 Å². The van der Waals surface area contributed by atoms with Crippen molar-refractivity contribution in [3.63, 3.8) is 0 Å². The van der Waals surface area contributed by atoms with Crippen LogP contribution >= 0.6 is 0 Å². The van der Waals surface area contributed by atoms with Gasteiger partial charge in [-0.2, -0.15) is 23.5 Å². The monoisotopic (exact) mass is 473 g/mol. The molecule has 180 valence electrons. The van der Waals surface area contributed by atoms with Crippen molar-refractivity contribution in [1.82, 2.24) is 14.8 Å². The van der Waals surface area contributed by atoms with E-state index in [0.717, 1.165) is 19.4 Å². The number of anilines is 2. The average Bonchev–Trinajstić information content (AvgIpc) is 3.44. The third kappa shape index (κ3) is 3.84. The van der Waals surface area contributed by atoms with Gasteiger partial charge in [-0.15, -0.1) is 0 Å². The van der Waals surface area contributed by atoms with E-state index in [1.807, 2.05) is 4.68 Å². The topological polar surface area (TPSA) is 107 Å². The maximum absolute atomic E-state index is 13.8. The Labute approximate surface area is 194 Å². The fourth-order valence-electron chi connectivity index (χ4n) is 4.72. The van der Waals surface area contributed by atoms with Gasteiger partial charge in [0.2, 0.25) is 0 Å². The van der Waals surface area contributed by atoms with Gasteiger partial charge < -0.3 is 15.4 Å². The Hall–Kier alpha value is -3.32. The zero-order valence-corrected chi connectivity index (χ0v) is 19.1. The molecule has 34 heavy (non-hydrogen) atoms. The SMILES string of the molecule is CC#N.CC1(C)Cc2cc(Nc3nn(CC4CC4)c4cc[nH]c(=O)c34)ccc2C1(O)C(F)(F)F. The Kier molecular flexibility index (Phi) is 5.72. The first kappa shape index (κ1) is 23.8. The zero-order valence-electron chi connectivity index (χ0n) is 19.1. The lowest BCUT2D eigenvalue weighted by Gasteiger charge is -2.38. The molecule has 0 aliphatic heterocycles. The van der Waals surface area contributed by atoms with E-state index in [2.05, 4.69) is 15.4 Å². The molecule has 1 atom stereocenters. The molecule has 0 spiro atoms. The lowest BCUT2D eigenvalue weighted by atomic mass is 9.75. The highest BCUT2D eigenvalue weighted by molar-refractivity contribution is 5.91. The first-order valence-electron chi connectivity index (χ1n) is 11.0. The molecular formula is C24H26F3N5O2. The summed E-state index contributed by atoms with van der Waals surface area (Å²) in [6.45, 7) is 4.99. The molecule has 2 aromatic heterocycles. The first-order valence-corrected chi connectivity index (χ1v) is 11.0. The first-order chi connectivity index (χ1) is 15.9. The maximum atomic E-state index is 13.8. The highest BCUT2D eigenvalue weighted by Crippen LogP contribution is 2.58. The molecule has 5 rings (SSSR count). The average molecular weight is 473 g/mol. The van der Waals surface area contributed by atoms with Crippen LogP contribution in [0.1, 0.15) is 44.7 Å². The van der Waals surface area contributed by atoms with Gasteiger partial charge in [0.15, 0.2) is 11.4 Å². The molecule has 7 nitrogen and oxygen atoms in total. The summed E-state index contributed by atoms with van der Waals surface area (Å²) in [6.07, 6.45) is -0.867. The van der Waals surface area contributed by atoms with E-state index in [4.69, 9.17) is 5.26 Å². The molecule has 2 aliphatic carbocycles. The number of hydrogen-bond acceptors (Lipinski definition) is 5. The van der Waals surface area contributed by atoms with E-state index in [-0.39, 0.29) is 17.5 Å². The summed E-state index contributed by atoms with van der Waals surface area (Å²) in [6, 6.07) is 7.95. The number of nitrogens with zero attached hydrogens (tertiary/aromatic N) is 3. The molecule has 0 amide bonds. The standard InChI is InChI=1S/C22H23F3N4O2.C2H3N/c1-20(2)10-13-9-14(5-6-15(13)21(20,31)22(23,24)25)27-18-17-16(7-8-26-19(17)30)29(28-18)11-12-3-4-12;1-2-3/h5-9,12,31H,3-4,10-11H2,1-2H3,(H,26,30)(H,27,28);1H3. The molecule has 3 aromatic rings. The quantitative estimate of drug-likeness (QED) is 0.507. The van der Waals surface area contributed by atoms with Crippen molar-refractivity contribution in [2.45, 2.75) is 58.4 Å². The Morgan fingerprint density at radius 1 is 1.32 bits per heavy atom. The van der Waals surface area contributed by atoms with E-state index >= 15 is 0 Å². The summed E-state index contributed by atoms with van der Waals surface area (Å²) in [4.78, 5) is 15.1. The Morgan fingerprint density at radius 3 is 2.62 bits per heavy atom. The van der Waals surface area contributed by atoms with Crippen LogP contribution in [0.2, 0.25) is 0 Å².